The molecule has 0 aromatic heterocycles. The molecule has 0 unspecified atom stereocenters. The average Bonchev–Trinajstić information content (AvgIpc) is 2.28. The molecule has 0 aromatic rings. The van der Waals surface area contributed by atoms with Crippen molar-refractivity contribution < 1.29 is 14.3 Å². The standard InChI is InChI=1S/C11H21N3O3/c1-11(2,9(15)17-3)13-8-4-6-14(7-5-8)10(12)16/h8,13H,4-7H2,1-3H3,(H2,12,16). The fraction of sp³-hybridized carbons (Fsp3) is 0.818. The van der Waals surface area contributed by atoms with Gasteiger partial charge in [-0.1, -0.05) is 0 Å². The number of likely N-dealkylation sites (tertiary alicyclic amines) is 1. The lowest BCUT2D eigenvalue weighted by Gasteiger charge is -2.35. The molecule has 1 fully saturated rings. The van der Waals surface area contributed by atoms with Gasteiger partial charge in [-0.2, -0.15) is 0 Å². The minimum atomic E-state index is -0.700. The highest BCUT2D eigenvalue weighted by Gasteiger charge is 2.32. The number of piperidine rings is 1. The minimum absolute atomic E-state index is 0.208. The van der Waals surface area contributed by atoms with Crippen LogP contribution in [0.4, 0.5) is 4.79 Å². The van der Waals surface area contributed by atoms with Gasteiger partial charge in [0.25, 0.3) is 0 Å². The maximum atomic E-state index is 11.5. The van der Waals surface area contributed by atoms with E-state index in [4.69, 9.17) is 10.5 Å². The first kappa shape index (κ1) is 13.8. The van der Waals surface area contributed by atoms with Crippen LogP contribution < -0.4 is 11.1 Å². The average molecular weight is 243 g/mol. The predicted octanol–water partition coefficient (Wildman–Crippen LogP) is 0.0707. The van der Waals surface area contributed by atoms with Crippen LogP contribution in [0.1, 0.15) is 26.7 Å². The molecule has 0 radical (unpaired) electrons. The second-order valence-electron chi connectivity index (χ2n) is 4.86. The summed E-state index contributed by atoms with van der Waals surface area (Å²) in [6.45, 7) is 4.84. The van der Waals surface area contributed by atoms with Crippen molar-refractivity contribution in [3.8, 4) is 0 Å². The third kappa shape index (κ3) is 3.59. The summed E-state index contributed by atoms with van der Waals surface area (Å²) in [5, 5.41) is 3.25. The molecule has 2 amide bonds. The van der Waals surface area contributed by atoms with Gasteiger partial charge in [-0.3, -0.25) is 10.1 Å². The second kappa shape index (κ2) is 5.35. The molecule has 1 aliphatic rings. The monoisotopic (exact) mass is 243 g/mol. The molecule has 0 aromatic carbocycles. The van der Waals surface area contributed by atoms with E-state index in [2.05, 4.69) is 5.32 Å². The Bertz CT molecular complexity index is 296. The number of hydrogen-bond acceptors (Lipinski definition) is 4. The predicted molar refractivity (Wildman–Crippen MR) is 63.4 cm³/mol. The number of methoxy groups -OCH3 is 1. The lowest BCUT2D eigenvalue weighted by molar-refractivity contribution is -0.147. The van der Waals surface area contributed by atoms with Crippen LogP contribution >= 0.6 is 0 Å². The maximum absolute atomic E-state index is 11.5. The van der Waals surface area contributed by atoms with E-state index in [0.29, 0.717) is 13.1 Å². The molecule has 0 aliphatic carbocycles. The van der Waals surface area contributed by atoms with E-state index in [1.165, 1.54) is 7.11 Å². The van der Waals surface area contributed by atoms with Gasteiger partial charge in [0, 0.05) is 19.1 Å². The zero-order valence-corrected chi connectivity index (χ0v) is 10.7. The Morgan fingerprint density at radius 1 is 1.35 bits per heavy atom. The van der Waals surface area contributed by atoms with Crippen LogP contribution in [0.2, 0.25) is 0 Å². The van der Waals surface area contributed by atoms with Crippen LogP contribution in [-0.2, 0) is 9.53 Å². The number of ether oxygens (including phenoxy) is 1. The molecule has 0 saturated carbocycles. The Morgan fingerprint density at radius 2 is 1.88 bits per heavy atom. The van der Waals surface area contributed by atoms with Gasteiger partial charge >= 0.3 is 12.0 Å². The molecule has 1 rings (SSSR count). The van der Waals surface area contributed by atoms with Crippen LogP contribution in [0.3, 0.4) is 0 Å². The SMILES string of the molecule is COC(=O)C(C)(C)NC1CCN(C(N)=O)CC1. The fourth-order valence-corrected chi connectivity index (χ4v) is 2.07. The number of amides is 2. The van der Waals surface area contributed by atoms with Gasteiger partial charge in [0.2, 0.25) is 0 Å². The van der Waals surface area contributed by atoms with Gasteiger partial charge in [0.05, 0.1) is 7.11 Å². The summed E-state index contributed by atoms with van der Waals surface area (Å²) < 4.78 is 4.73. The molecule has 1 heterocycles. The second-order valence-corrected chi connectivity index (χ2v) is 4.86. The Kier molecular flexibility index (Phi) is 4.34. The summed E-state index contributed by atoms with van der Waals surface area (Å²) in [6.07, 6.45) is 1.59. The van der Waals surface area contributed by atoms with Crippen molar-refractivity contribution in [2.75, 3.05) is 20.2 Å². The van der Waals surface area contributed by atoms with Gasteiger partial charge in [-0.15, -0.1) is 0 Å². The van der Waals surface area contributed by atoms with E-state index < -0.39 is 5.54 Å². The quantitative estimate of drug-likeness (QED) is 0.687. The first-order chi connectivity index (χ1) is 7.86. The molecule has 1 aliphatic heterocycles. The van der Waals surface area contributed by atoms with E-state index >= 15 is 0 Å². The van der Waals surface area contributed by atoms with Crippen molar-refractivity contribution in [1.82, 2.24) is 10.2 Å². The first-order valence-electron chi connectivity index (χ1n) is 5.77. The van der Waals surface area contributed by atoms with Gasteiger partial charge in [0.15, 0.2) is 0 Å². The Morgan fingerprint density at radius 3 is 2.29 bits per heavy atom. The Labute approximate surface area is 101 Å². The van der Waals surface area contributed by atoms with Crippen molar-refractivity contribution in [2.24, 2.45) is 5.73 Å². The molecule has 3 N–H and O–H groups in total. The number of nitrogens with two attached hydrogens (primary N) is 1. The molecular formula is C11H21N3O3. The number of urea groups is 1. The van der Waals surface area contributed by atoms with Crippen LogP contribution in [0.5, 0.6) is 0 Å². The van der Waals surface area contributed by atoms with Crippen molar-refractivity contribution in [2.45, 2.75) is 38.3 Å². The Balaban J connectivity index is 2.45. The number of carbonyl (C=O) groups is 2. The van der Waals surface area contributed by atoms with Crippen LogP contribution in [0.15, 0.2) is 0 Å². The number of esters is 1. The maximum Gasteiger partial charge on any atom is 0.325 e. The summed E-state index contributed by atoms with van der Waals surface area (Å²) in [5.41, 5.74) is 4.50. The van der Waals surface area contributed by atoms with Gasteiger partial charge in [-0.05, 0) is 26.7 Å². The molecule has 1 saturated heterocycles. The van der Waals surface area contributed by atoms with E-state index in [9.17, 15) is 9.59 Å². The molecule has 6 nitrogen and oxygen atoms in total. The lowest BCUT2D eigenvalue weighted by Crippen LogP contribution is -2.55. The minimum Gasteiger partial charge on any atom is -0.468 e. The summed E-state index contributed by atoms with van der Waals surface area (Å²) in [5.74, 6) is -0.283. The Hall–Kier alpha value is -1.30. The van der Waals surface area contributed by atoms with Crippen molar-refractivity contribution in [3.05, 3.63) is 0 Å². The topological polar surface area (TPSA) is 84.7 Å². The zero-order chi connectivity index (χ0) is 13.1. The highest BCUT2D eigenvalue weighted by Crippen LogP contribution is 2.14. The number of hydrogen-bond donors (Lipinski definition) is 2. The van der Waals surface area contributed by atoms with Crippen molar-refractivity contribution in [3.63, 3.8) is 0 Å². The first-order valence-corrected chi connectivity index (χ1v) is 5.77. The van der Waals surface area contributed by atoms with E-state index in [-0.39, 0.29) is 18.0 Å². The summed E-state index contributed by atoms with van der Waals surface area (Å²) in [6, 6.07) is -0.171. The lowest BCUT2D eigenvalue weighted by atomic mass is 9.99. The van der Waals surface area contributed by atoms with E-state index in [1.807, 2.05) is 0 Å². The zero-order valence-electron chi connectivity index (χ0n) is 10.7. The molecule has 17 heavy (non-hydrogen) atoms. The van der Waals surface area contributed by atoms with E-state index in [1.54, 1.807) is 18.7 Å². The molecular weight excluding hydrogens is 222 g/mol. The van der Waals surface area contributed by atoms with Crippen LogP contribution in [0.25, 0.3) is 0 Å². The number of primary amides is 1. The molecule has 0 spiro atoms. The summed E-state index contributed by atoms with van der Waals surface area (Å²) in [4.78, 5) is 24.1. The molecule has 98 valence electrons. The number of nitrogens with zero attached hydrogens (tertiary/aromatic N) is 1. The van der Waals surface area contributed by atoms with E-state index in [0.717, 1.165) is 12.8 Å². The largest absolute Gasteiger partial charge is 0.468 e. The van der Waals surface area contributed by atoms with Gasteiger partial charge in [-0.25, -0.2) is 4.79 Å². The molecule has 0 bridgehead atoms. The summed E-state index contributed by atoms with van der Waals surface area (Å²) in [7, 11) is 1.38. The third-order valence-corrected chi connectivity index (χ3v) is 3.07. The fourth-order valence-electron chi connectivity index (χ4n) is 2.07. The van der Waals surface area contributed by atoms with Crippen LogP contribution in [-0.4, -0.2) is 48.7 Å². The normalized spacial score (nSPS) is 17.9. The smallest absolute Gasteiger partial charge is 0.325 e. The van der Waals surface area contributed by atoms with Gasteiger partial charge in [0.1, 0.15) is 5.54 Å². The van der Waals surface area contributed by atoms with Gasteiger partial charge < -0.3 is 15.4 Å². The highest BCUT2D eigenvalue weighted by molar-refractivity contribution is 5.79. The van der Waals surface area contributed by atoms with Crippen molar-refractivity contribution >= 4 is 12.0 Å². The number of rotatable bonds is 3. The number of nitrogens with one attached hydrogen (secondary N) is 1. The summed E-state index contributed by atoms with van der Waals surface area (Å²) >= 11 is 0. The van der Waals surface area contributed by atoms with Crippen LogP contribution in [0, 0.1) is 0 Å². The molecule has 0 atom stereocenters. The number of carbonyl (C=O) groups excluding carboxylic acids is 2. The van der Waals surface area contributed by atoms with Crippen molar-refractivity contribution in [1.29, 1.82) is 0 Å². The highest BCUT2D eigenvalue weighted by atomic mass is 16.5. The molecule has 6 heteroatoms. The third-order valence-electron chi connectivity index (χ3n) is 3.07.